The largest absolute Gasteiger partial charge is 0.493 e. The molecule has 0 saturated heterocycles. The highest BCUT2D eigenvalue weighted by molar-refractivity contribution is 7.92. The number of benzene rings is 2. The molecule has 0 unspecified atom stereocenters. The molecule has 0 saturated carbocycles. The summed E-state index contributed by atoms with van der Waals surface area (Å²) < 4.78 is 47.4. The lowest BCUT2D eigenvalue weighted by atomic mass is 10.0. The summed E-state index contributed by atoms with van der Waals surface area (Å²) in [5, 5.41) is 2.68. The highest BCUT2D eigenvalue weighted by atomic mass is 32.2. The first kappa shape index (κ1) is 31.8. The molecule has 0 radical (unpaired) electrons. The highest BCUT2D eigenvalue weighted by Gasteiger charge is 2.26. The van der Waals surface area contributed by atoms with Crippen LogP contribution in [0.1, 0.15) is 31.7 Å². The van der Waals surface area contributed by atoms with Gasteiger partial charge in [-0.25, -0.2) is 28.4 Å². The summed E-state index contributed by atoms with van der Waals surface area (Å²) in [6.45, 7) is 3.87. The van der Waals surface area contributed by atoms with E-state index in [1.54, 1.807) is 66.9 Å². The van der Waals surface area contributed by atoms with Gasteiger partial charge < -0.3 is 19.5 Å². The van der Waals surface area contributed by atoms with Crippen LogP contribution < -0.4 is 24.2 Å². The van der Waals surface area contributed by atoms with E-state index in [1.807, 2.05) is 13.8 Å². The third-order valence-corrected chi connectivity index (χ3v) is 7.82. The molecule has 0 bridgehead atoms. The number of nitrogens with one attached hydrogen (secondary N) is 2. The molecule has 14 heteroatoms. The van der Waals surface area contributed by atoms with E-state index >= 15 is 0 Å². The molecule has 2 N–H and O–H groups in total. The van der Waals surface area contributed by atoms with Crippen molar-refractivity contribution >= 4 is 27.6 Å². The average Bonchev–Trinajstić information content (AvgIpc) is 3.07. The Morgan fingerprint density at radius 3 is 2.20 bits per heavy atom. The third kappa shape index (κ3) is 7.90. The minimum absolute atomic E-state index is 0.00456. The van der Waals surface area contributed by atoms with Crippen LogP contribution in [-0.4, -0.2) is 53.0 Å². The van der Waals surface area contributed by atoms with E-state index in [0.29, 0.717) is 11.6 Å². The van der Waals surface area contributed by atoms with Crippen LogP contribution in [0.2, 0.25) is 0 Å². The molecule has 0 fully saturated rings. The van der Waals surface area contributed by atoms with Gasteiger partial charge in [0, 0.05) is 18.6 Å². The summed E-state index contributed by atoms with van der Waals surface area (Å²) in [4.78, 5) is 34.0. The molecular formula is C32H31N7O6S. The van der Waals surface area contributed by atoms with Gasteiger partial charge in [-0.1, -0.05) is 44.2 Å². The molecule has 2 aromatic carbocycles. The monoisotopic (exact) mass is 641 g/mol. The van der Waals surface area contributed by atoms with Crippen molar-refractivity contribution in [2.75, 3.05) is 23.8 Å². The van der Waals surface area contributed by atoms with Crippen molar-refractivity contribution in [2.24, 2.45) is 0 Å². The van der Waals surface area contributed by atoms with Crippen LogP contribution in [0, 0.1) is 0 Å². The fourth-order valence-electron chi connectivity index (χ4n) is 4.12. The Balaban J connectivity index is 1.54. The van der Waals surface area contributed by atoms with Crippen LogP contribution in [0.5, 0.6) is 23.1 Å². The van der Waals surface area contributed by atoms with Crippen molar-refractivity contribution in [1.29, 1.82) is 0 Å². The Labute approximate surface area is 266 Å². The molecule has 46 heavy (non-hydrogen) atoms. The molecule has 5 aromatic rings. The van der Waals surface area contributed by atoms with Gasteiger partial charge in [-0.2, -0.15) is 4.98 Å². The Morgan fingerprint density at radius 1 is 0.826 bits per heavy atom. The summed E-state index contributed by atoms with van der Waals surface area (Å²) in [5.41, 5.74) is 0.979. The smallest absolute Gasteiger partial charge is 0.263 e. The van der Waals surface area contributed by atoms with E-state index in [1.165, 1.54) is 31.6 Å². The quantitative estimate of drug-likeness (QED) is 0.167. The molecule has 13 nitrogen and oxygen atoms in total. The zero-order valence-electron chi connectivity index (χ0n) is 25.2. The number of carbonyl (C=O) groups excluding carboxylic acids is 1. The second kappa shape index (κ2) is 14.4. The van der Waals surface area contributed by atoms with Crippen LogP contribution in [0.15, 0.2) is 96.3 Å². The highest BCUT2D eigenvalue weighted by Crippen LogP contribution is 2.41. The van der Waals surface area contributed by atoms with Gasteiger partial charge in [-0.05, 0) is 53.9 Å². The maximum Gasteiger partial charge on any atom is 0.263 e. The number of sulfonamides is 1. The maximum atomic E-state index is 13.7. The van der Waals surface area contributed by atoms with Crippen molar-refractivity contribution in [2.45, 2.75) is 31.1 Å². The Bertz CT molecular complexity index is 1890. The SMILES string of the molecule is COc1ccccc1Oc1c(NS(=O)(=O)c2ccc(C(C)C)cc2)nc(-c2ncccn2)nc1OCCC(=O)Nc1ccccn1. The number of anilines is 2. The summed E-state index contributed by atoms with van der Waals surface area (Å²) in [6, 6.07) is 20.0. The normalized spacial score (nSPS) is 11.1. The Morgan fingerprint density at radius 2 is 1.52 bits per heavy atom. The first-order valence-electron chi connectivity index (χ1n) is 14.2. The lowest BCUT2D eigenvalue weighted by Crippen LogP contribution is -2.18. The minimum Gasteiger partial charge on any atom is -0.493 e. The van der Waals surface area contributed by atoms with Crippen molar-refractivity contribution in [3.05, 3.63) is 97.0 Å². The number of ether oxygens (including phenoxy) is 3. The van der Waals surface area contributed by atoms with Gasteiger partial charge in [0.25, 0.3) is 15.9 Å². The minimum atomic E-state index is -4.19. The number of rotatable bonds is 13. The summed E-state index contributed by atoms with van der Waals surface area (Å²) >= 11 is 0. The zero-order valence-corrected chi connectivity index (χ0v) is 26.1. The van der Waals surface area contributed by atoms with Gasteiger partial charge >= 0.3 is 0 Å². The number of methoxy groups -OCH3 is 1. The Kier molecular flexibility index (Phi) is 9.97. The first-order valence-corrected chi connectivity index (χ1v) is 15.7. The lowest BCUT2D eigenvalue weighted by Gasteiger charge is -2.18. The molecule has 0 spiro atoms. The topological polar surface area (TPSA) is 167 Å². The average molecular weight is 642 g/mol. The predicted octanol–water partition coefficient (Wildman–Crippen LogP) is 5.46. The molecule has 3 aromatic heterocycles. The van der Waals surface area contributed by atoms with Crippen molar-refractivity contribution in [3.8, 4) is 34.8 Å². The number of para-hydroxylation sites is 2. The number of pyridine rings is 1. The second-order valence-electron chi connectivity index (χ2n) is 10.0. The number of nitrogens with zero attached hydrogens (tertiary/aromatic N) is 5. The molecular weight excluding hydrogens is 610 g/mol. The van der Waals surface area contributed by atoms with Gasteiger partial charge in [0.1, 0.15) is 5.82 Å². The number of amides is 1. The van der Waals surface area contributed by atoms with Crippen molar-refractivity contribution in [1.82, 2.24) is 24.9 Å². The summed E-state index contributed by atoms with van der Waals surface area (Å²) in [5.74, 6) is 0.302. The van der Waals surface area contributed by atoms with E-state index in [2.05, 4.69) is 35.0 Å². The molecule has 0 aliphatic rings. The van der Waals surface area contributed by atoms with E-state index < -0.39 is 10.0 Å². The van der Waals surface area contributed by atoms with E-state index in [-0.39, 0.29) is 64.6 Å². The van der Waals surface area contributed by atoms with E-state index in [4.69, 9.17) is 14.2 Å². The maximum absolute atomic E-state index is 13.7. The fourth-order valence-corrected chi connectivity index (χ4v) is 5.12. The van der Waals surface area contributed by atoms with Crippen LogP contribution in [0.4, 0.5) is 11.6 Å². The van der Waals surface area contributed by atoms with Crippen LogP contribution in [-0.2, 0) is 14.8 Å². The number of aromatic nitrogens is 5. The molecule has 0 aliphatic carbocycles. The van der Waals surface area contributed by atoms with Crippen molar-refractivity contribution < 1.29 is 27.4 Å². The number of hydrogen-bond donors (Lipinski definition) is 2. The van der Waals surface area contributed by atoms with E-state index in [9.17, 15) is 13.2 Å². The number of hydrogen-bond acceptors (Lipinski definition) is 11. The molecule has 5 rings (SSSR count). The van der Waals surface area contributed by atoms with Gasteiger partial charge in [-0.3, -0.25) is 9.52 Å². The first-order chi connectivity index (χ1) is 22.2. The summed E-state index contributed by atoms with van der Waals surface area (Å²) in [7, 11) is -2.72. The fraction of sp³-hybridized carbons (Fsp3) is 0.188. The van der Waals surface area contributed by atoms with Gasteiger partial charge in [-0.15, -0.1) is 0 Å². The molecule has 1 amide bonds. The summed E-state index contributed by atoms with van der Waals surface area (Å²) in [6.07, 6.45) is 4.46. The zero-order chi connectivity index (χ0) is 32.5. The van der Waals surface area contributed by atoms with Gasteiger partial charge in [0.15, 0.2) is 23.1 Å². The molecule has 3 heterocycles. The second-order valence-corrected chi connectivity index (χ2v) is 11.7. The van der Waals surface area contributed by atoms with Crippen LogP contribution >= 0.6 is 0 Å². The van der Waals surface area contributed by atoms with Crippen LogP contribution in [0.3, 0.4) is 0 Å². The third-order valence-electron chi connectivity index (χ3n) is 6.47. The van der Waals surface area contributed by atoms with Gasteiger partial charge in [0.05, 0.1) is 25.0 Å². The standard InChI is InChI=1S/C32H31N7O6S/c1-21(2)22-12-14-23(15-13-22)46(41,42)39-29-28(45-25-10-5-4-9-24(25)43-3)32(38-31(37-29)30-34-18-8-19-35-30)44-20-16-27(40)36-26-11-6-7-17-33-26/h4-15,17-19,21H,16,20H2,1-3H3,(H,33,36,40)(H,37,38,39). The lowest BCUT2D eigenvalue weighted by molar-refractivity contribution is -0.116. The van der Waals surface area contributed by atoms with Gasteiger partial charge in [0.2, 0.25) is 17.5 Å². The number of carbonyl (C=O) groups is 1. The van der Waals surface area contributed by atoms with E-state index in [0.717, 1.165) is 5.56 Å². The molecule has 236 valence electrons. The molecule has 0 atom stereocenters. The van der Waals surface area contributed by atoms with Crippen LogP contribution in [0.25, 0.3) is 11.6 Å². The molecule has 0 aliphatic heterocycles. The predicted molar refractivity (Wildman–Crippen MR) is 170 cm³/mol. The Hall–Kier alpha value is -5.63. The van der Waals surface area contributed by atoms with Crippen molar-refractivity contribution in [3.63, 3.8) is 0 Å².